The molecule has 2 heterocycles. The summed E-state index contributed by atoms with van der Waals surface area (Å²) in [5, 5.41) is 0. The summed E-state index contributed by atoms with van der Waals surface area (Å²) < 4.78 is 6.12. The quantitative estimate of drug-likeness (QED) is 0.596. The number of piperidine rings is 1. The van der Waals surface area contributed by atoms with Gasteiger partial charge in [0.25, 0.3) is 0 Å². The standard InChI is InChI=1S/C26H36N2O/c1-3-10-23(11-4-1)21-28-17-8-5-12-24-20-26(14-13-25(24)22-28)29-19-9-18-27-15-6-2-7-16-27/h1,3-4,10-11,13-14,20H,2,5-9,12,15-19,21-22H2. The lowest BCUT2D eigenvalue weighted by Gasteiger charge is -2.27. The van der Waals surface area contributed by atoms with Gasteiger partial charge in [0.1, 0.15) is 5.75 Å². The Morgan fingerprint density at radius 3 is 2.41 bits per heavy atom. The monoisotopic (exact) mass is 392 g/mol. The molecule has 0 radical (unpaired) electrons. The van der Waals surface area contributed by atoms with Crippen molar-refractivity contribution in [2.45, 2.75) is 58.0 Å². The third kappa shape index (κ3) is 6.32. The van der Waals surface area contributed by atoms with Gasteiger partial charge >= 0.3 is 0 Å². The molecule has 1 saturated heterocycles. The first kappa shape index (κ1) is 20.4. The third-order valence-electron chi connectivity index (χ3n) is 6.33. The predicted molar refractivity (Wildman–Crippen MR) is 120 cm³/mol. The number of ether oxygens (including phenoxy) is 1. The van der Waals surface area contributed by atoms with E-state index in [2.05, 4.69) is 58.3 Å². The second-order valence-electron chi connectivity index (χ2n) is 8.69. The van der Waals surface area contributed by atoms with Crippen LogP contribution in [0.15, 0.2) is 48.5 Å². The Morgan fingerprint density at radius 2 is 1.55 bits per heavy atom. The molecule has 4 rings (SSSR count). The molecule has 1 fully saturated rings. The molecule has 2 aromatic carbocycles. The summed E-state index contributed by atoms with van der Waals surface area (Å²) in [5.74, 6) is 1.05. The van der Waals surface area contributed by atoms with Gasteiger partial charge in [0, 0.05) is 19.6 Å². The van der Waals surface area contributed by atoms with Crippen molar-refractivity contribution in [2.75, 3.05) is 32.8 Å². The summed E-state index contributed by atoms with van der Waals surface area (Å²) in [6, 6.07) is 17.6. The van der Waals surface area contributed by atoms with Gasteiger partial charge in [-0.2, -0.15) is 0 Å². The summed E-state index contributed by atoms with van der Waals surface area (Å²) in [5.41, 5.74) is 4.36. The molecular weight excluding hydrogens is 356 g/mol. The van der Waals surface area contributed by atoms with Crippen molar-refractivity contribution in [3.8, 4) is 5.75 Å². The maximum atomic E-state index is 6.12. The molecule has 0 spiro atoms. The molecule has 2 aliphatic heterocycles. The number of benzene rings is 2. The van der Waals surface area contributed by atoms with Crippen LogP contribution in [0.1, 0.15) is 55.2 Å². The number of rotatable bonds is 7. The minimum atomic E-state index is 0.829. The number of fused-ring (bicyclic) bond motifs is 1. The average molecular weight is 393 g/mol. The summed E-state index contributed by atoms with van der Waals surface area (Å²) in [6.07, 6.45) is 8.98. The van der Waals surface area contributed by atoms with Gasteiger partial charge in [-0.3, -0.25) is 4.90 Å². The topological polar surface area (TPSA) is 15.7 Å². The highest BCUT2D eigenvalue weighted by molar-refractivity contribution is 5.36. The van der Waals surface area contributed by atoms with Crippen LogP contribution in [0.4, 0.5) is 0 Å². The van der Waals surface area contributed by atoms with E-state index >= 15 is 0 Å². The van der Waals surface area contributed by atoms with Crippen molar-refractivity contribution >= 4 is 0 Å². The van der Waals surface area contributed by atoms with Crippen molar-refractivity contribution < 1.29 is 4.74 Å². The Kier molecular flexibility index (Phi) is 7.61. The number of aryl methyl sites for hydroxylation is 1. The van der Waals surface area contributed by atoms with Crippen LogP contribution in [-0.4, -0.2) is 42.6 Å². The minimum absolute atomic E-state index is 0.829. The highest BCUT2D eigenvalue weighted by Gasteiger charge is 2.14. The molecule has 3 nitrogen and oxygen atoms in total. The van der Waals surface area contributed by atoms with Crippen LogP contribution >= 0.6 is 0 Å². The molecule has 156 valence electrons. The second kappa shape index (κ2) is 10.8. The summed E-state index contributed by atoms with van der Waals surface area (Å²) in [6.45, 7) is 7.82. The molecule has 0 aromatic heterocycles. The Labute approximate surface area is 176 Å². The molecule has 0 N–H and O–H groups in total. The molecule has 0 amide bonds. The van der Waals surface area contributed by atoms with Gasteiger partial charge in [-0.1, -0.05) is 42.8 Å². The molecule has 0 unspecified atom stereocenters. The highest BCUT2D eigenvalue weighted by Crippen LogP contribution is 2.24. The smallest absolute Gasteiger partial charge is 0.119 e. The Balaban J connectivity index is 1.30. The summed E-state index contributed by atoms with van der Waals surface area (Å²) in [7, 11) is 0. The van der Waals surface area contributed by atoms with E-state index in [1.807, 2.05) is 0 Å². The highest BCUT2D eigenvalue weighted by atomic mass is 16.5. The first-order valence-electron chi connectivity index (χ1n) is 11.6. The van der Waals surface area contributed by atoms with Gasteiger partial charge in [-0.15, -0.1) is 0 Å². The molecule has 0 bridgehead atoms. The van der Waals surface area contributed by atoms with Crippen LogP contribution in [0.2, 0.25) is 0 Å². The number of nitrogens with zero attached hydrogens (tertiary/aromatic N) is 2. The van der Waals surface area contributed by atoms with Crippen molar-refractivity contribution in [2.24, 2.45) is 0 Å². The van der Waals surface area contributed by atoms with Crippen LogP contribution in [0.3, 0.4) is 0 Å². The molecule has 0 atom stereocenters. The summed E-state index contributed by atoms with van der Waals surface area (Å²) in [4.78, 5) is 5.18. The van der Waals surface area contributed by atoms with E-state index in [0.29, 0.717) is 0 Å². The molecular formula is C26H36N2O. The van der Waals surface area contributed by atoms with Crippen LogP contribution < -0.4 is 4.74 Å². The lowest BCUT2D eigenvalue weighted by atomic mass is 9.98. The Morgan fingerprint density at radius 1 is 0.759 bits per heavy atom. The zero-order chi connectivity index (χ0) is 19.7. The number of likely N-dealkylation sites (tertiary alicyclic amines) is 1. The fourth-order valence-corrected chi connectivity index (χ4v) is 4.69. The fraction of sp³-hybridized carbons (Fsp3) is 0.538. The van der Waals surface area contributed by atoms with E-state index in [0.717, 1.165) is 31.9 Å². The van der Waals surface area contributed by atoms with Gasteiger partial charge in [0.15, 0.2) is 0 Å². The second-order valence-corrected chi connectivity index (χ2v) is 8.69. The lowest BCUT2D eigenvalue weighted by molar-refractivity contribution is 0.205. The lowest BCUT2D eigenvalue weighted by Crippen LogP contribution is -2.31. The third-order valence-corrected chi connectivity index (χ3v) is 6.33. The minimum Gasteiger partial charge on any atom is -0.494 e. The average Bonchev–Trinajstić information content (AvgIpc) is 2.75. The normalized spacial score (nSPS) is 18.6. The van der Waals surface area contributed by atoms with E-state index in [1.165, 1.54) is 81.4 Å². The zero-order valence-electron chi connectivity index (χ0n) is 17.8. The molecule has 29 heavy (non-hydrogen) atoms. The Bertz CT molecular complexity index is 740. The SMILES string of the molecule is c1ccc(CN2CCCCc3cc(OCCCN4CCCCC4)ccc3C2)cc1. The molecule has 3 heteroatoms. The van der Waals surface area contributed by atoms with E-state index < -0.39 is 0 Å². The van der Waals surface area contributed by atoms with Gasteiger partial charge in [0.05, 0.1) is 6.61 Å². The van der Waals surface area contributed by atoms with Crippen LogP contribution in [-0.2, 0) is 19.5 Å². The van der Waals surface area contributed by atoms with Crippen molar-refractivity contribution in [3.05, 3.63) is 65.2 Å². The van der Waals surface area contributed by atoms with Crippen molar-refractivity contribution in [3.63, 3.8) is 0 Å². The van der Waals surface area contributed by atoms with Crippen LogP contribution in [0, 0.1) is 0 Å². The predicted octanol–water partition coefficient (Wildman–Crippen LogP) is 5.28. The van der Waals surface area contributed by atoms with Crippen molar-refractivity contribution in [1.82, 2.24) is 9.80 Å². The van der Waals surface area contributed by atoms with Crippen LogP contribution in [0.5, 0.6) is 5.75 Å². The fourth-order valence-electron chi connectivity index (χ4n) is 4.69. The van der Waals surface area contributed by atoms with Gasteiger partial charge < -0.3 is 9.64 Å². The van der Waals surface area contributed by atoms with E-state index in [4.69, 9.17) is 4.74 Å². The van der Waals surface area contributed by atoms with Gasteiger partial charge in [-0.05, 0) is 87.0 Å². The van der Waals surface area contributed by atoms with Crippen molar-refractivity contribution in [1.29, 1.82) is 0 Å². The van der Waals surface area contributed by atoms with E-state index in [-0.39, 0.29) is 0 Å². The first-order chi connectivity index (χ1) is 14.4. The summed E-state index contributed by atoms with van der Waals surface area (Å²) >= 11 is 0. The molecule has 2 aromatic rings. The maximum Gasteiger partial charge on any atom is 0.119 e. The van der Waals surface area contributed by atoms with Gasteiger partial charge in [-0.25, -0.2) is 0 Å². The first-order valence-corrected chi connectivity index (χ1v) is 11.6. The van der Waals surface area contributed by atoms with Crippen LogP contribution in [0.25, 0.3) is 0 Å². The maximum absolute atomic E-state index is 6.12. The number of hydrogen-bond donors (Lipinski definition) is 0. The Hall–Kier alpha value is -1.84. The molecule has 0 saturated carbocycles. The largest absolute Gasteiger partial charge is 0.494 e. The van der Waals surface area contributed by atoms with E-state index in [9.17, 15) is 0 Å². The van der Waals surface area contributed by atoms with Gasteiger partial charge in [0.2, 0.25) is 0 Å². The van der Waals surface area contributed by atoms with E-state index in [1.54, 1.807) is 0 Å². The zero-order valence-corrected chi connectivity index (χ0v) is 17.8. The molecule has 0 aliphatic carbocycles. The molecule has 2 aliphatic rings. The number of hydrogen-bond acceptors (Lipinski definition) is 3.